The van der Waals surface area contributed by atoms with E-state index in [1.54, 1.807) is 0 Å². The van der Waals surface area contributed by atoms with Gasteiger partial charge in [-0.1, -0.05) is 0 Å². The van der Waals surface area contributed by atoms with E-state index < -0.39 is 15.3 Å². The van der Waals surface area contributed by atoms with Crippen LogP contribution in [0.4, 0.5) is 0 Å². The van der Waals surface area contributed by atoms with Crippen LogP contribution in [0.15, 0.2) is 0 Å². The average molecular weight is 569 g/mol. The van der Waals surface area contributed by atoms with E-state index >= 15 is 0 Å². The molecule has 0 rings (SSSR count). The molecule has 0 aromatic carbocycles. The van der Waals surface area contributed by atoms with Gasteiger partial charge in [0, 0.05) is 49.4 Å². The summed E-state index contributed by atoms with van der Waals surface area (Å²) in [5.41, 5.74) is 0. The van der Waals surface area contributed by atoms with Gasteiger partial charge in [-0.3, -0.25) is 0 Å². The van der Waals surface area contributed by atoms with Crippen LogP contribution in [-0.2, 0) is 0 Å². The molecule has 0 aromatic heterocycles. The maximum Gasteiger partial charge on any atom is 3.00 e. The fourth-order valence-electron chi connectivity index (χ4n) is 0. The molecule has 0 saturated heterocycles. The molecule has 0 heterocycles. The van der Waals surface area contributed by atoms with E-state index in [0.29, 0.717) is 0 Å². The van der Waals surface area contributed by atoms with Gasteiger partial charge in [0.25, 0.3) is 0 Å². The Morgan fingerprint density at radius 2 is 0.667 bits per heavy atom. The third kappa shape index (κ3) is 767. The minimum Gasteiger partial charge on any atom is -1.00 e. The summed E-state index contributed by atoms with van der Waals surface area (Å²) >= 11 is 0. The Kier molecular flexibility index (Phi) is 71.4. The molecule has 0 N–H and O–H groups in total. The number of hydrogen-bond donors (Lipinski definition) is 0. The second kappa shape index (κ2) is 29.8. The molecule has 1 radical (unpaired) electrons. The van der Waals surface area contributed by atoms with Crippen LogP contribution in [0.5, 0.6) is 0 Å². The summed E-state index contributed by atoms with van der Waals surface area (Å²) in [6.45, 7) is 0. The van der Waals surface area contributed by atoms with E-state index in [1.807, 2.05) is 0 Å². The van der Waals surface area contributed by atoms with Crippen LogP contribution in [0.1, 0.15) is 2.85 Å². The first-order chi connectivity index (χ1) is 5.20. The van der Waals surface area contributed by atoms with E-state index in [-0.39, 0.29) is 139 Å². The van der Waals surface area contributed by atoms with Crippen molar-refractivity contribution in [2.45, 2.75) is 0 Å². The molecule has 0 aliphatic heterocycles. The molecular formula is H2EuN3O9PrSr. The monoisotopic (exact) mass is 570 g/mol. The van der Waals surface area contributed by atoms with Gasteiger partial charge >= 0.3 is 86.8 Å². The van der Waals surface area contributed by atoms with Gasteiger partial charge in [0.15, 0.2) is 0 Å². The molecule has 0 atom stereocenters. The fourth-order valence-corrected chi connectivity index (χ4v) is 0. The topological polar surface area (TPSA) is 199 Å². The van der Waals surface area contributed by atoms with Gasteiger partial charge in [-0.2, -0.15) is 0 Å². The molecular weight excluding hydrogens is 567 g/mol. The van der Waals surface area contributed by atoms with E-state index in [4.69, 9.17) is 46.0 Å². The first-order valence-corrected chi connectivity index (χ1v) is 1.64. The van der Waals surface area contributed by atoms with Gasteiger partial charge in [0.05, 0.1) is 15.3 Å². The maximum absolute atomic E-state index is 8.25. The van der Waals surface area contributed by atoms with Crippen LogP contribution in [0.3, 0.4) is 0 Å². The molecule has 0 aromatic rings. The molecule has 15 heavy (non-hydrogen) atoms. The van der Waals surface area contributed by atoms with Gasteiger partial charge in [-0.15, -0.1) is 0 Å². The minimum atomic E-state index is -1.75. The zero-order valence-electron chi connectivity index (χ0n) is 8.68. The smallest absolute Gasteiger partial charge is 1.00 e. The first-order valence-electron chi connectivity index (χ1n) is 1.64. The second-order valence-electron chi connectivity index (χ2n) is 0.671. The van der Waals surface area contributed by atoms with Crippen molar-refractivity contribution in [3.8, 4) is 0 Å². The number of rotatable bonds is 0. The van der Waals surface area contributed by atoms with Crippen molar-refractivity contribution in [2.24, 2.45) is 0 Å². The largest absolute Gasteiger partial charge is 3.00 e. The predicted octanol–water partition coefficient (Wildman–Crippen LogP) is -0.873. The van der Waals surface area contributed by atoms with Gasteiger partial charge < -0.3 is 48.8 Å². The molecule has 83 valence electrons. The van der Waals surface area contributed by atoms with Crippen LogP contribution in [-0.4, -0.2) is 60.7 Å². The molecule has 0 amide bonds. The van der Waals surface area contributed by atoms with Crippen molar-refractivity contribution >= 4 is 45.5 Å². The van der Waals surface area contributed by atoms with E-state index in [1.165, 1.54) is 0 Å². The first kappa shape index (κ1) is 36.0. The summed E-state index contributed by atoms with van der Waals surface area (Å²) in [7, 11) is 0. The Hall–Kier alpha value is 2.03. The van der Waals surface area contributed by atoms with E-state index in [9.17, 15) is 0 Å². The molecule has 0 aliphatic carbocycles. The molecule has 0 aliphatic rings. The zero-order valence-corrected chi connectivity index (χ0v) is 16.3. The third-order valence-corrected chi connectivity index (χ3v) is 0. The SMILES string of the molecule is O=[N+]([O-])[O-].O=[N+]([O-])[O-].O=[N+]([O-])[O-].[Eu].[H-].[H-].[Pr+3].[Sr+2]. The maximum atomic E-state index is 8.25. The van der Waals surface area contributed by atoms with E-state index in [2.05, 4.69) is 0 Å². The summed E-state index contributed by atoms with van der Waals surface area (Å²) in [4.78, 5) is 24.8. The Labute approximate surface area is 195 Å². The number of nitrogens with zero attached hydrogens (tertiary/aromatic N) is 3. The molecule has 15 heteroatoms. The summed E-state index contributed by atoms with van der Waals surface area (Å²) in [5.74, 6) is 0. The van der Waals surface area contributed by atoms with Crippen molar-refractivity contribution in [3.05, 3.63) is 46.0 Å². The van der Waals surface area contributed by atoms with Gasteiger partial charge in [-0.05, 0) is 0 Å². The van der Waals surface area contributed by atoms with Crippen LogP contribution in [0.2, 0.25) is 0 Å². The molecule has 12 nitrogen and oxygen atoms in total. The van der Waals surface area contributed by atoms with Crippen molar-refractivity contribution in [2.75, 3.05) is 0 Å². The van der Waals surface area contributed by atoms with Crippen LogP contribution >= 0.6 is 0 Å². The Bertz CT molecular complexity index is 132. The standard InChI is InChI=1S/Eu.3NO3.Pr.Sr.2H/c;3*2-1(3)4;;;;/q;3*-1;+3;+2;2*-1. The molecule has 0 fully saturated rings. The van der Waals surface area contributed by atoms with Gasteiger partial charge in [-0.25, -0.2) is 0 Å². The van der Waals surface area contributed by atoms with Crippen LogP contribution in [0.25, 0.3) is 0 Å². The van der Waals surface area contributed by atoms with E-state index in [0.717, 1.165) is 0 Å². The average Bonchev–Trinajstić information content (AvgIpc) is 1.54. The number of hydrogen-bond acceptors (Lipinski definition) is 9. The summed E-state index contributed by atoms with van der Waals surface area (Å²) in [6.07, 6.45) is 0. The molecule has 0 spiro atoms. The van der Waals surface area contributed by atoms with Gasteiger partial charge in [0.1, 0.15) is 0 Å². The summed E-state index contributed by atoms with van der Waals surface area (Å²) < 4.78 is 0. The van der Waals surface area contributed by atoms with Gasteiger partial charge in [0.2, 0.25) is 0 Å². The second-order valence-corrected chi connectivity index (χ2v) is 0.671. The van der Waals surface area contributed by atoms with Crippen molar-refractivity contribution in [1.82, 2.24) is 0 Å². The van der Waals surface area contributed by atoms with Crippen LogP contribution in [0, 0.1) is 137 Å². The molecule has 0 saturated carbocycles. The minimum absolute atomic E-state index is 0. The Balaban J connectivity index is -0.0000000104. The van der Waals surface area contributed by atoms with Crippen molar-refractivity contribution < 1.29 is 109 Å². The third-order valence-electron chi connectivity index (χ3n) is 0. The quantitative estimate of drug-likeness (QED) is 0.202. The fraction of sp³-hybridized carbons (Fsp3) is 0. The van der Waals surface area contributed by atoms with Crippen molar-refractivity contribution in [1.29, 1.82) is 0 Å². The predicted molar refractivity (Wildman–Crippen MR) is 39.1 cm³/mol. The summed E-state index contributed by atoms with van der Waals surface area (Å²) in [5, 5.41) is 44.2. The zero-order chi connectivity index (χ0) is 10.7. The normalized spacial score (nSPS) is 4.80. The Morgan fingerprint density at radius 1 is 0.667 bits per heavy atom. The van der Waals surface area contributed by atoms with Crippen molar-refractivity contribution in [3.63, 3.8) is 0 Å². The summed E-state index contributed by atoms with van der Waals surface area (Å²) in [6, 6.07) is 0. The molecule has 0 bridgehead atoms. The Morgan fingerprint density at radius 3 is 0.667 bits per heavy atom. The molecule has 0 unspecified atom stereocenters. The van der Waals surface area contributed by atoms with Crippen LogP contribution < -0.4 is 0 Å².